The van der Waals surface area contributed by atoms with Crippen LogP contribution in [0.2, 0.25) is 0 Å². The molecule has 1 unspecified atom stereocenters. The molecule has 2 heterocycles. The molecular formula is C14H19N5. The van der Waals surface area contributed by atoms with Gasteiger partial charge in [0.15, 0.2) is 0 Å². The van der Waals surface area contributed by atoms with Crippen LogP contribution in [0.1, 0.15) is 36.7 Å². The Hall–Kier alpha value is -1.75. The van der Waals surface area contributed by atoms with Gasteiger partial charge in [-0.05, 0) is 44.6 Å². The van der Waals surface area contributed by atoms with Crippen LogP contribution >= 0.6 is 0 Å². The summed E-state index contributed by atoms with van der Waals surface area (Å²) in [5, 5.41) is 0. The molecule has 2 aromatic rings. The summed E-state index contributed by atoms with van der Waals surface area (Å²) in [5.41, 5.74) is 9.33. The number of aryl methyl sites for hydroxylation is 1. The first-order chi connectivity index (χ1) is 9.24. The number of imidazole rings is 1. The van der Waals surface area contributed by atoms with Crippen LogP contribution in [0.4, 0.5) is 0 Å². The van der Waals surface area contributed by atoms with E-state index in [1.807, 2.05) is 30.2 Å². The molecule has 0 saturated heterocycles. The molecule has 1 atom stereocenters. The highest BCUT2D eigenvalue weighted by Crippen LogP contribution is 2.21. The molecule has 2 aromatic heterocycles. The van der Waals surface area contributed by atoms with Crippen molar-refractivity contribution in [1.29, 1.82) is 0 Å². The standard InChI is InChI=1S/C14H19N5/c1-10(15)6-11-7-16-14(17-8-11)19-9-18-12-4-2-3-5-13(12)19/h7-10H,2-6,15H2,1H3. The van der Waals surface area contributed by atoms with Gasteiger partial charge in [0.1, 0.15) is 6.33 Å². The summed E-state index contributed by atoms with van der Waals surface area (Å²) >= 11 is 0. The van der Waals surface area contributed by atoms with Crippen LogP contribution in [0, 0.1) is 0 Å². The minimum atomic E-state index is 0.135. The molecule has 0 aliphatic heterocycles. The van der Waals surface area contributed by atoms with Gasteiger partial charge in [0, 0.05) is 24.1 Å². The Kier molecular flexibility index (Phi) is 3.29. The lowest BCUT2D eigenvalue weighted by atomic mass is 10.0. The van der Waals surface area contributed by atoms with E-state index in [-0.39, 0.29) is 6.04 Å². The molecule has 100 valence electrons. The number of hydrogen-bond donors (Lipinski definition) is 1. The van der Waals surface area contributed by atoms with Crippen molar-refractivity contribution in [2.45, 2.75) is 45.1 Å². The first kappa shape index (κ1) is 12.3. The highest BCUT2D eigenvalue weighted by atomic mass is 15.2. The first-order valence-corrected chi connectivity index (χ1v) is 6.86. The Morgan fingerprint density at radius 3 is 2.68 bits per heavy atom. The average Bonchev–Trinajstić information content (AvgIpc) is 2.83. The molecule has 3 rings (SSSR count). The van der Waals surface area contributed by atoms with Gasteiger partial charge < -0.3 is 5.73 Å². The summed E-state index contributed by atoms with van der Waals surface area (Å²) in [6.07, 6.45) is 11.0. The van der Waals surface area contributed by atoms with E-state index >= 15 is 0 Å². The highest BCUT2D eigenvalue weighted by Gasteiger charge is 2.17. The minimum absolute atomic E-state index is 0.135. The van der Waals surface area contributed by atoms with Crippen LogP contribution in [0.25, 0.3) is 5.95 Å². The quantitative estimate of drug-likeness (QED) is 0.903. The molecule has 0 fully saturated rings. The van der Waals surface area contributed by atoms with Gasteiger partial charge in [-0.3, -0.25) is 4.57 Å². The van der Waals surface area contributed by atoms with E-state index in [9.17, 15) is 0 Å². The third kappa shape index (κ3) is 2.51. The third-order valence-corrected chi connectivity index (χ3v) is 3.49. The van der Waals surface area contributed by atoms with E-state index < -0.39 is 0 Å². The van der Waals surface area contributed by atoms with Crippen LogP contribution in [0.5, 0.6) is 0 Å². The Balaban J connectivity index is 1.88. The first-order valence-electron chi connectivity index (χ1n) is 6.86. The predicted molar refractivity (Wildman–Crippen MR) is 73.1 cm³/mol. The monoisotopic (exact) mass is 257 g/mol. The number of nitrogens with zero attached hydrogens (tertiary/aromatic N) is 4. The van der Waals surface area contributed by atoms with E-state index in [2.05, 4.69) is 15.0 Å². The summed E-state index contributed by atoms with van der Waals surface area (Å²) in [6.45, 7) is 1.99. The second-order valence-electron chi connectivity index (χ2n) is 5.29. The molecule has 0 radical (unpaired) electrons. The molecule has 1 aliphatic carbocycles. The van der Waals surface area contributed by atoms with Crippen LogP contribution in [-0.4, -0.2) is 25.6 Å². The lowest BCUT2D eigenvalue weighted by molar-refractivity contribution is 0.651. The molecule has 5 nitrogen and oxygen atoms in total. The molecule has 5 heteroatoms. The molecular weight excluding hydrogens is 238 g/mol. The Morgan fingerprint density at radius 1 is 1.21 bits per heavy atom. The summed E-state index contributed by atoms with van der Waals surface area (Å²) in [4.78, 5) is 13.3. The number of nitrogens with two attached hydrogens (primary N) is 1. The fourth-order valence-corrected chi connectivity index (χ4v) is 2.59. The van der Waals surface area contributed by atoms with E-state index in [1.165, 1.54) is 24.2 Å². The van der Waals surface area contributed by atoms with Crippen molar-refractivity contribution >= 4 is 0 Å². The van der Waals surface area contributed by atoms with Gasteiger partial charge in [-0.25, -0.2) is 15.0 Å². The normalized spacial score (nSPS) is 16.1. The van der Waals surface area contributed by atoms with E-state index in [4.69, 9.17) is 5.73 Å². The van der Waals surface area contributed by atoms with Gasteiger partial charge in [0.2, 0.25) is 5.95 Å². The Labute approximate surface area is 112 Å². The van der Waals surface area contributed by atoms with Gasteiger partial charge in [0.25, 0.3) is 0 Å². The van der Waals surface area contributed by atoms with Gasteiger partial charge in [-0.15, -0.1) is 0 Å². The fourth-order valence-electron chi connectivity index (χ4n) is 2.59. The van der Waals surface area contributed by atoms with Gasteiger partial charge in [-0.1, -0.05) is 0 Å². The summed E-state index contributed by atoms with van der Waals surface area (Å²) in [5.74, 6) is 0.712. The molecule has 0 aromatic carbocycles. The lowest BCUT2D eigenvalue weighted by Gasteiger charge is -2.13. The fraction of sp³-hybridized carbons (Fsp3) is 0.500. The highest BCUT2D eigenvalue weighted by molar-refractivity contribution is 5.25. The molecule has 0 spiro atoms. The largest absolute Gasteiger partial charge is 0.328 e. The summed E-state index contributed by atoms with van der Waals surface area (Å²) < 4.78 is 2.02. The second kappa shape index (κ2) is 5.09. The van der Waals surface area contributed by atoms with Crippen molar-refractivity contribution in [1.82, 2.24) is 19.5 Å². The van der Waals surface area contributed by atoms with Gasteiger partial charge in [-0.2, -0.15) is 0 Å². The van der Waals surface area contributed by atoms with Crippen molar-refractivity contribution in [2.75, 3.05) is 0 Å². The van der Waals surface area contributed by atoms with Gasteiger partial charge in [0.05, 0.1) is 5.69 Å². The maximum absolute atomic E-state index is 5.78. The third-order valence-electron chi connectivity index (χ3n) is 3.49. The average molecular weight is 257 g/mol. The number of aromatic nitrogens is 4. The van der Waals surface area contributed by atoms with E-state index in [0.717, 1.165) is 24.8 Å². The summed E-state index contributed by atoms with van der Waals surface area (Å²) in [7, 11) is 0. The molecule has 0 amide bonds. The van der Waals surface area contributed by atoms with Crippen LogP contribution < -0.4 is 5.73 Å². The Bertz CT molecular complexity index is 556. The van der Waals surface area contributed by atoms with Crippen LogP contribution in [0.15, 0.2) is 18.7 Å². The van der Waals surface area contributed by atoms with Crippen molar-refractivity contribution in [3.05, 3.63) is 35.7 Å². The topological polar surface area (TPSA) is 69.6 Å². The van der Waals surface area contributed by atoms with Crippen LogP contribution in [-0.2, 0) is 19.3 Å². The maximum Gasteiger partial charge on any atom is 0.235 e. The smallest absolute Gasteiger partial charge is 0.235 e. The van der Waals surface area contributed by atoms with Crippen molar-refractivity contribution < 1.29 is 0 Å². The van der Waals surface area contributed by atoms with E-state index in [1.54, 1.807) is 0 Å². The number of hydrogen-bond acceptors (Lipinski definition) is 4. The predicted octanol–water partition coefficient (Wildman–Crippen LogP) is 1.43. The zero-order valence-corrected chi connectivity index (χ0v) is 11.2. The molecule has 2 N–H and O–H groups in total. The molecule has 0 saturated carbocycles. The summed E-state index contributed by atoms with van der Waals surface area (Å²) in [6, 6.07) is 0.135. The Morgan fingerprint density at radius 2 is 1.95 bits per heavy atom. The minimum Gasteiger partial charge on any atom is -0.328 e. The number of fused-ring (bicyclic) bond motifs is 1. The van der Waals surface area contributed by atoms with Crippen molar-refractivity contribution in [3.63, 3.8) is 0 Å². The maximum atomic E-state index is 5.78. The van der Waals surface area contributed by atoms with Crippen molar-refractivity contribution in [2.24, 2.45) is 5.73 Å². The number of rotatable bonds is 3. The lowest BCUT2D eigenvalue weighted by Crippen LogP contribution is -2.18. The second-order valence-corrected chi connectivity index (χ2v) is 5.29. The van der Waals surface area contributed by atoms with Crippen molar-refractivity contribution in [3.8, 4) is 5.95 Å². The van der Waals surface area contributed by atoms with E-state index in [0.29, 0.717) is 5.95 Å². The van der Waals surface area contributed by atoms with Gasteiger partial charge >= 0.3 is 0 Å². The zero-order valence-electron chi connectivity index (χ0n) is 11.2. The zero-order chi connectivity index (χ0) is 13.2. The molecule has 19 heavy (non-hydrogen) atoms. The molecule has 0 bridgehead atoms. The molecule has 1 aliphatic rings. The SMILES string of the molecule is CC(N)Cc1cnc(-n2cnc3c2CCCC3)nc1. The van der Waals surface area contributed by atoms with Crippen LogP contribution in [0.3, 0.4) is 0 Å².